The number of carboxylic acid groups (broad SMARTS) is 2. The summed E-state index contributed by atoms with van der Waals surface area (Å²) in [6.45, 7) is 0. The van der Waals surface area contributed by atoms with Crippen molar-refractivity contribution < 1.29 is 39.2 Å². The van der Waals surface area contributed by atoms with Crippen LogP contribution in [0.5, 0.6) is 0 Å². The minimum absolute atomic E-state index is 0.172. The van der Waals surface area contributed by atoms with Gasteiger partial charge in [-0.1, -0.05) is 0 Å². The quantitative estimate of drug-likeness (QED) is 0.354. The number of aliphatic hydroxyl groups excluding tert-OH is 1. The van der Waals surface area contributed by atoms with Crippen molar-refractivity contribution in [1.29, 1.82) is 0 Å². The lowest BCUT2D eigenvalue weighted by molar-refractivity contribution is -0.178. The Morgan fingerprint density at radius 1 is 1.19 bits per heavy atom. The van der Waals surface area contributed by atoms with Gasteiger partial charge in [-0.15, -0.1) is 0 Å². The molecular weight excluding hydrogens is 224 g/mol. The maximum absolute atomic E-state index is 10.9. The summed E-state index contributed by atoms with van der Waals surface area (Å²) in [6.07, 6.45) is -4.66. The summed E-state index contributed by atoms with van der Waals surface area (Å²) in [7, 11) is 0. The maximum atomic E-state index is 10.9. The predicted molar refractivity (Wildman–Crippen MR) is 46.5 cm³/mol. The van der Waals surface area contributed by atoms with Gasteiger partial charge in [0.1, 0.15) is 6.29 Å². The molecule has 0 saturated carbocycles. The molecule has 2 unspecified atom stereocenters. The molecule has 0 aliphatic carbocycles. The molecule has 0 radical (unpaired) electrons. The van der Waals surface area contributed by atoms with Gasteiger partial charge in [-0.3, -0.25) is 4.79 Å². The number of rotatable bonds is 7. The van der Waals surface area contributed by atoms with Crippen molar-refractivity contribution in [3.63, 3.8) is 0 Å². The van der Waals surface area contributed by atoms with Gasteiger partial charge in [0.15, 0.2) is 6.10 Å². The fraction of sp³-hybridized carbons (Fsp3) is 0.500. The Kier molecular flexibility index (Phi) is 5.71. The largest absolute Gasteiger partial charge is 0.479 e. The Morgan fingerprint density at radius 2 is 1.75 bits per heavy atom. The van der Waals surface area contributed by atoms with Gasteiger partial charge in [0, 0.05) is 6.42 Å². The number of carbonyl (C=O) groups excluding carboxylic acids is 2. The smallest absolute Gasteiger partial charge is 0.348 e. The van der Waals surface area contributed by atoms with E-state index in [0.29, 0.717) is 6.29 Å². The fourth-order valence-corrected chi connectivity index (χ4v) is 0.757. The summed E-state index contributed by atoms with van der Waals surface area (Å²) in [5.74, 6) is -4.68. The van der Waals surface area contributed by atoms with Crippen LogP contribution in [0.4, 0.5) is 0 Å². The molecule has 2 atom stereocenters. The molecule has 0 aromatic rings. The highest BCUT2D eigenvalue weighted by Gasteiger charge is 2.35. The van der Waals surface area contributed by atoms with Crippen molar-refractivity contribution in [2.75, 3.05) is 0 Å². The Morgan fingerprint density at radius 3 is 2.12 bits per heavy atom. The molecule has 0 rings (SSSR count). The number of hydrogen-bond donors (Lipinski definition) is 3. The van der Waals surface area contributed by atoms with E-state index in [-0.39, 0.29) is 12.8 Å². The number of aliphatic carboxylic acids is 2. The zero-order valence-corrected chi connectivity index (χ0v) is 8.03. The molecule has 3 N–H and O–H groups in total. The van der Waals surface area contributed by atoms with Crippen LogP contribution in [0, 0.1) is 0 Å². The maximum Gasteiger partial charge on any atom is 0.348 e. The molecule has 0 aromatic carbocycles. The molecule has 0 aliphatic heterocycles. The first-order valence-electron chi connectivity index (χ1n) is 4.17. The van der Waals surface area contributed by atoms with Crippen LogP contribution >= 0.6 is 0 Å². The second-order valence-corrected chi connectivity index (χ2v) is 2.74. The van der Waals surface area contributed by atoms with Gasteiger partial charge in [-0.25, -0.2) is 9.59 Å². The lowest BCUT2D eigenvalue weighted by atomic mass is 10.2. The minimum atomic E-state index is -2.35. The van der Waals surface area contributed by atoms with E-state index >= 15 is 0 Å². The molecule has 8 heteroatoms. The second-order valence-electron chi connectivity index (χ2n) is 2.74. The SMILES string of the molecule is O=CCCC(=O)OC(C(=O)O)C(O)C(=O)O. The summed E-state index contributed by atoms with van der Waals surface area (Å²) in [5, 5.41) is 25.7. The minimum Gasteiger partial charge on any atom is -0.479 e. The van der Waals surface area contributed by atoms with Gasteiger partial charge in [0.2, 0.25) is 6.10 Å². The summed E-state index contributed by atoms with van der Waals surface area (Å²) in [6, 6.07) is 0. The van der Waals surface area contributed by atoms with Crippen LogP contribution in [0.2, 0.25) is 0 Å². The van der Waals surface area contributed by atoms with Gasteiger partial charge in [0.05, 0.1) is 6.42 Å². The highest BCUT2D eigenvalue weighted by molar-refractivity contribution is 5.85. The molecule has 90 valence electrons. The third-order valence-electron chi connectivity index (χ3n) is 1.51. The standard InChI is InChI=1S/C8H10O8/c9-3-1-2-4(10)16-6(8(14)15)5(11)7(12)13/h3,5-6,11H,1-2H2,(H,12,13)(H,14,15). The van der Waals surface area contributed by atoms with Crippen molar-refractivity contribution in [1.82, 2.24) is 0 Å². The first kappa shape index (κ1) is 14.0. The number of esters is 1. The van der Waals surface area contributed by atoms with Crippen LogP contribution in [-0.4, -0.2) is 51.7 Å². The van der Waals surface area contributed by atoms with E-state index in [2.05, 4.69) is 4.74 Å². The van der Waals surface area contributed by atoms with E-state index in [1.807, 2.05) is 0 Å². The monoisotopic (exact) mass is 234 g/mol. The Labute approximate surface area is 89.4 Å². The van der Waals surface area contributed by atoms with Gasteiger partial charge >= 0.3 is 17.9 Å². The molecule has 8 nitrogen and oxygen atoms in total. The molecule has 0 bridgehead atoms. The van der Waals surface area contributed by atoms with E-state index in [1.165, 1.54) is 0 Å². The van der Waals surface area contributed by atoms with Crippen LogP contribution in [0.25, 0.3) is 0 Å². The van der Waals surface area contributed by atoms with Crippen molar-refractivity contribution in [3.05, 3.63) is 0 Å². The van der Waals surface area contributed by atoms with Gasteiger partial charge < -0.3 is 24.9 Å². The van der Waals surface area contributed by atoms with Crippen LogP contribution in [0.1, 0.15) is 12.8 Å². The highest BCUT2D eigenvalue weighted by Crippen LogP contribution is 2.04. The molecule has 0 fully saturated rings. The Hall–Kier alpha value is -1.96. The third kappa shape index (κ3) is 4.51. The molecule has 0 aliphatic rings. The number of carboxylic acids is 2. The summed E-state index contributed by atoms with van der Waals surface area (Å²) in [5.41, 5.74) is 0. The van der Waals surface area contributed by atoms with E-state index in [1.54, 1.807) is 0 Å². The van der Waals surface area contributed by atoms with E-state index in [9.17, 15) is 19.2 Å². The average molecular weight is 234 g/mol. The van der Waals surface area contributed by atoms with E-state index in [4.69, 9.17) is 15.3 Å². The molecule has 0 aromatic heterocycles. The van der Waals surface area contributed by atoms with Gasteiger partial charge in [-0.05, 0) is 0 Å². The first-order chi connectivity index (χ1) is 7.40. The van der Waals surface area contributed by atoms with Gasteiger partial charge in [0.25, 0.3) is 0 Å². The number of ether oxygens (including phenoxy) is 1. The predicted octanol–water partition coefficient (Wildman–Crippen LogP) is -1.59. The molecule has 0 heterocycles. The topological polar surface area (TPSA) is 138 Å². The van der Waals surface area contributed by atoms with Crippen LogP contribution in [-0.2, 0) is 23.9 Å². The number of carbonyl (C=O) groups is 4. The zero-order valence-electron chi connectivity index (χ0n) is 8.03. The van der Waals surface area contributed by atoms with Gasteiger partial charge in [-0.2, -0.15) is 0 Å². The molecule has 0 amide bonds. The van der Waals surface area contributed by atoms with Crippen LogP contribution in [0.3, 0.4) is 0 Å². The lowest BCUT2D eigenvalue weighted by Gasteiger charge is -2.15. The number of hydrogen-bond acceptors (Lipinski definition) is 6. The zero-order chi connectivity index (χ0) is 12.7. The van der Waals surface area contributed by atoms with Crippen molar-refractivity contribution >= 4 is 24.2 Å². The number of aldehydes is 1. The second kappa shape index (κ2) is 6.51. The normalized spacial score (nSPS) is 13.6. The van der Waals surface area contributed by atoms with E-state index < -0.39 is 30.1 Å². The Bertz CT molecular complexity index is 296. The molecule has 16 heavy (non-hydrogen) atoms. The van der Waals surface area contributed by atoms with E-state index in [0.717, 1.165) is 0 Å². The lowest BCUT2D eigenvalue weighted by Crippen LogP contribution is -2.42. The third-order valence-corrected chi connectivity index (χ3v) is 1.51. The summed E-state index contributed by atoms with van der Waals surface area (Å²) >= 11 is 0. The molecule has 0 spiro atoms. The fourth-order valence-electron chi connectivity index (χ4n) is 0.757. The van der Waals surface area contributed by atoms with Crippen molar-refractivity contribution in [3.8, 4) is 0 Å². The van der Waals surface area contributed by atoms with Crippen LogP contribution < -0.4 is 0 Å². The Balaban J connectivity index is 4.45. The highest BCUT2D eigenvalue weighted by atomic mass is 16.6. The average Bonchev–Trinajstić information content (AvgIpc) is 2.21. The number of aliphatic hydroxyl groups is 1. The van der Waals surface area contributed by atoms with Crippen LogP contribution in [0.15, 0.2) is 0 Å². The first-order valence-corrected chi connectivity index (χ1v) is 4.17. The summed E-state index contributed by atoms with van der Waals surface area (Å²) < 4.78 is 4.21. The van der Waals surface area contributed by atoms with Crippen molar-refractivity contribution in [2.24, 2.45) is 0 Å². The summed E-state index contributed by atoms with van der Waals surface area (Å²) in [4.78, 5) is 41.6. The molecular formula is C8H10O8. The molecule has 0 saturated heterocycles. The van der Waals surface area contributed by atoms with Crippen molar-refractivity contribution in [2.45, 2.75) is 25.0 Å².